The monoisotopic (exact) mass is 344 g/mol. The number of aromatic nitrogens is 2. The first kappa shape index (κ1) is 17.2. The highest BCUT2D eigenvalue weighted by molar-refractivity contribution is 7.99. The van der Waals surface area contributed by atoms with E-state index in [0.717, 1.165) is 34.4 Å². The molecule has 0 saturated carbocycles. The van der Waals surface area contributed by atoms with Gasteiger partial charge in [0.25, 0.3) is 0 Å². The van der Waals surface area contributed by atoms with Crippen LogP contribution in [0.1, 0.15) is 23.2 Å². The van der Waals surface area contributed by atoms with Crippen LogP contribution in [0.15, 0.2) is 35.5 Å². The Bertz CT molecular complexity index is 670. The Balaban J connectivity index is 1.55. The van der Waals surface area contributed by atoms with Crippen molar-refractivity contribution in [1.82, 2.24) is 15.3 Å². The Morgan fingerprint density at radius 3 is 2.46 bits per heavy atom. The van der Waals surface area contributed by atoms with Crippen molar-refractivity contribution in [2.24, 2.45) is 0 Å². The van der Waals surface area contributed by atoms with E-state index >= 15 is 0 Å². The molecule has 24 heavy (non-hydrogen) atoms. The Hall–Kier alpha value is -1.63. The van der Waals surface area contributed by atoms with Gasteiger partial charge in [-0.1, -0.05) is 23.9 Å². The lowest BCUT2D eigenvalue weighted by Crippen LogP contribution is -2.17. The molecular weight excluding hydrogens is 320 g/mol. The molecule has 5 nitrogen and oxygen atoms in total. The lowest BCUT2D eigenvalue weighted by atomic mass is 10.2. The van der Waals surface area contributed by atoms with Gasteiger partial charge >= 0.3 is 0 Å². The molecule has 1 fully saturated rings. The quantitative estimate of drug-likeness (QED) is 0.665. The van der Waals surface area contributed by atoms with Gasteiger partial charge in [-0.3, -0.25) is 5.32 Å². The van der Waals surface area contributed by atoms with Crippen molar-refractivity contribution in [3.05, 3.63) is 47.3 Å². The zero-order valence-corrected chi connectivity index (χ0v) is 15.4. The maximum Gasteiger partial charge on any atom is 0.188 e. The second kappa shape index (κ2) is 7.51. The average molecular weight is 344 g/mol. The van der Waals surface area contributed by atoms with E-state index in [2.05, 4.69) is 44.5 Å². The lowest BCUT2D eigenvalue weighted by Gasteiger charge is -2.16. The van der Waals surface area contributed by atoms with Crippen molar-refractivity contribution in [1.29, 1.82) is 0 Å². The molecule has 2 heterocycles. The molecule has 1 aromatic carbocycles. The van der Waals surface area contributed by atoms with E-state index in [1.54, 1.807) is 11.8 Å². The summed E-state index contributed by atoms with van der Waals surface area (Å²) in [6.45, 7) is 4.84. The van der Waals surface area contributed by atoms with E-state index in [9.17, 15) is 0 Å². The number of hydrogen-bond donors (Lipinski definition) is 1. The van der Waals surface area contributed by atoms with Crippen molar-refractivity contribution < 1.29 is 4.74 Å². The molecule has 1 saturated heterocycles. The van der Waals surface area contributed by atoms with Crippen molar-refractivity contribution in [2.45, 2.75) is 31.3 Å². The van der Waals surface area contributed by atoms with Crippen LogP contribution in [0, 0.1) is 13.8 Å². The third kappa shape index (κ3) is 4.26. The molecule has 0 radical (unpaired) electrons. The molecule has 6 heteroatoms. The van der Waals surface area contributed by atoms with E-state index in [1.807, 2.05) is 34.0 Å². The summed E-state index contributed by atoms with van der Waals surface area (Å²) in [5.74, 6) is 0.849. The highest BCUT2D eigenvalue weighted by Crippen LogP contribution is 2.26. The number of benzene rings is 1. The highest BCUT2D eigenvalue weighted by Gasteiger charge is 2.26. The Morgan fingerprint density at radius 2 is 1.83 bits per heavy atom. The van der Waals surface area contributed by atoms with Crippen molar-refractivity contribution in [3.8, 4) is 0 Å². The number of anilines is 1. The number of thioether (sulfide) groups is 1. The summed E-state index contributed by atoms with van der Waals surface area (Å²) in [6.07, 6.45) is 0.130. The van der Waals surface area contributed by atoms with Gasteiger partial charge in [-0.25, -0.2) is 9.97 Å². The van der Waals surface area contributed by atoms with Gasteiger partial charge in [0.15, 0.2) is 5.16 Å². The molecule has 0 bridgehead atoms. The van der Waals surface area contributed by atoms with Gasteiger partial charge in [-0.15, -0.1) is 0 Å². The molecule has 0 amide bonds. The molecule has 3 rings (SSSR count). The molecule has 1 aromatic heterocycles. The number of nitrogens with zero attached hydrogens (tertiary/aromatic N) is 3. The van der Waals surface area contributed by atoms with Crippen molar-refractivity contribution >= 4 is 17.4 Å². The fourth-order valence-corrected chi connectivity index (χ4v) is 3.64. The fraction of sp³-hybridized carbons (Fsp3) is 0.444. The average Bonchev–Trinajstić information content (AvgIpc) is 3.01. The second-order valence-corrected chi connectivity index (χ2v) is 7.26. The summed E-state index contributed by atoms with van der Waals surface area (Å²) in [5.41, 5.74) is 4.37. The van der Waals surface area contributed by atoms with Crippen LogP contribution in [0.4, 0.5) is 5.69 Å². The number of hydrogen-bond acceptors (Lipinski definition) is 6. The predicted molar refractivity (Wildman–Crippen MR) is 98.6 cm³/mol. The summed E-state index contributed by atoms with van der Waals surface area (Å²) in [7, 11) is 4.09. The van der Waals surface area contributed by atoms with Crippen LogP contribution in [0.2, 0.25) is 0 Å². The van der Waals surface area contributed by atoms with Crippen LogP contribution in [0.25, 0.3) is 0 Å². The number of ether oxygens (including phenoxy) is 1. The molecule has 1 aliphatic heterocycles. The van der Waals surface area contributed by atoms with Crippen LogP contribution in [-0.2, 0) is 4.74 Å². The van der Waals surface area contributed by atoms with Crippen LogP contribution in [0.5, 0.6) is 0 Å². The summed E-state index contributed by atoms with van der Waals surface area (Å²) in [4.78, 5) is 11.0. The molecule has 128 valence electrons. The largest absolute Gasteiger partial charge is 0.378 e. The van der Waals surface area contributed by atoms with Gasteiger partial charge in [0.05, 0.1) is 6.10 Å². The van der Waals surface area contributed by atoms with Gasteiger partial charge in [0, 0.05) is 43.5 Å². The van der Waals surface area contributed by atoms with E-state index in [-0.39, 0.29) is 12.3 Å². The third-order valence-corrected chi connectivity index (χ3v) is 4.91. The van der Waals surface area contributed by atoms with E-state index in [0.29, 0.717) is 0 Å². The minimum absolute atomic E-state index is 0.0352. The standard InChI is InChI=1S/C18H24N4OS/c1-12-9-13(2)21-18(20-12)24-11-16-10-19-17(23-16)14-5-7-15(8-6-14)22(3)4/h5-9,16-17,19H,10-11H2,1-4H3. The van der Waals surface area contributed by atoms with Crippen molar-refractivity contribution in [3.63, 3.8) is 0 Å². The van der Waals surface area contributed by atoms with E-state index in [4.69, 9.17) is 4.74 Å². The minimum atomic E-state index is -0.0352. The predicted octanol–water partition coefficient (Wildman–Crippen LogP) is 2.94. The molecule has 1 N–H and O–H groups in total. The molecule has 2 atom stereocenters. The van der Waals surface area contributed by atoms with Gasteiger partial charge in [-0.2, -0.15) is 0 Å². The Kier molecular flexibility index (Phi) is 5.38. The molecule has 0 spiro atoms. The first-order valence-electron chi connectivity index (χ1n) is 8.12. The zero-order valence-electron chi connectivity index (χ0n) is 14.6. The first-order valence-corrected chi connectivity index (χ1v) is 9.11. The normalized spacial score (nSPS) is 20.3. The molecule has 0 aliphatic carbocycles. The second-order valence-electron chi connectivity index (χ2n) is 6.28. The van der Waals surface area contributed by atoms with Crippen LogP contribution in [-0.4, -0.2) is 42.5 Å². The van der Waals surface area contributed by atoms with E-state index < -0.39 is 0 Å². The summed E-state index contributed by atoms with van der Waals surface area (Å²) in [5, 5.41) is 4.27. The van der Waals surface area contributed by atoms with Gasteiger partial charge < -0.3 is 9.64 Å². The molecule has 1 aliphatic rings. The number of nitrogens with one attached hydrogen (secondary N) is 1. The molecule has 2 aromatic rings. The van der Waals surface area contributed by atoms with Crippen LogP contribution >= 0.6 is 11.8 Å². The van der Waals surface area contributed by atoms with Crippen molar-refractivity contribution in [2.75, 3.05) is 31.3 Å². The summed E-state index contributed by atoms with van der Waals surface area (Å²) >= 11 is 1.66. The maximum atomic E-state index is 6.13. The fourth-order valence-electron chi connectivity index (χ4n) is 2.69. The van der Waals surface area contributed by atoms with Gasteiger partial charge in [0.2, 0.25) is 0 Å². The van der Waals surface area contributed by atoms with Crippen LogP contribution in [0.3, 0.4) is 0 Å². The topological polar surface area (TPSA) is 50.3 Å². The zero-order chi connectivity index (χ0) is 17.1. The molecular formula is C18H24N4OS. The first-order chi connectivity index (χ1) is 11.5. The third-order valence-electron chi connectivity index (χ3n) is 3.93. The smallest absolute Gasteiger partial charge is 0.188 e. The maximum absolute atomic E-state index is 6.13. The number of aryl methyl sites for hydroxylation is 2. The summed E-state index contributed by atoms with van der Waals surface area (Å²) < 4.78 is 6.13. The van der Waals surface area contributed by atoms with Gasteiger partial charge in [0.1, 0.15) is 6.23 Å². The Morgan fingerprint density at radius 1 is 1.17 bits per heavy atom. The van der Waals surface area contributed by atoms with Gasteiger partial charge in [-0.05, 0) is 37.6 Å². The lowest BCUT2D eigenvalue weighted by molar-refractivity contribution is 0.0534. The highest BCUT2D eigenvalue weighted by atomic mass is 32.2. The Labute approximate surface area is 147 Å². The molecule has 2 unspecified atom stereocenters. The van der Waals surface area contributed by atoms with Crippen LogP contribution < -0.4 is 10.2 Å². The minimum Gasteiger partial charge on any atom is -0.378 e. The van der Waals surface area contributed by atoms with E-state index in [1.165, 1.54) is 5.69 Å². The number of rotatable bonds is 5. The SMILES string of the molecule is Cc1cc(C)nc(SCC2CNC(c3ccc(N(C)C)cc3)O2)n1. The summed E-state index contributed by atoms with van der Waals surface area (Å²) in [6, 6.07) is 10.5.